The zero-order valence-electron chi connectivity index (χ0n) is 16.1. The Bertz CT molecular complexity index is 1370. The van der Waals surface area contributed by atoms with Crippen LogP contribution in [0.25, 0.3) is 22.0 Å². The first-order chi connectivity index (χ1) is 14.4. The van der Waals surface area contributed by atoms with Gasteiger partial charge in [-0.1, -0.05) is 23.9 Å². The summed E-state index contributed by atoms with van der Waals surface area (Å²) in [6.07, 6.45) is 3.16. The van der Waals surface area contributed by atoms with E-state index in [4.69, 9.17) is 4.74 Å². The third-order valence-corrected chi connectivity index (χ3v) is 5.73. The second-order valence-corrected chi connectivity index (χ2v) is 7.93. The molecule has 0 fully saturated rings. The molecule has 0 atom stereocenters. The summed E-state index contributed by atoms with van der Waals surface area (Å²) in [5.74, 6) is -2.09. The van der Waals surface area contributed by atoms with Crippen molar-refractivity contribution in [3.8, 4) is 17.0 Å². The van der Waals surface area contributed by atoms with Gasteiger partial charge in [-0.25, -0.2) is 22.2 Å². The number of pyridine rings is 2. The maximum Gasteiger partial charge on any atom is 0.264 e. The average Bonchev–Trinajstić information content (AvgIpc) is 2.72. The number of nitrogens with zero attached hydrogens (tertiary/aromatic N) is 2. The summed E-state index contributed by atoms with van der Waals surface area (Å²) in [7, 11) is -3.03. The van der Waals surface area contributed by atoms with Crippen LogP contribution in [0.1, 0.15) is 0 Å². The van der Waals surface area contributed by atoms with Crippen molar-refractivity contribution in [3.05, 3.63) is 78.6 Å². The minimum atomic E-state index is -4.35. The SMILES string of the molecule is COc1ncc(-c2ccc3ncc[c-]c3c2)cc1NS(=O)(=O)c1ccc(F)cc1F.[Y]. The number of hydrogen-bond acceptors (Lipinski definition) is 5. The van der Waals surface area contributed by atoms with Crippen LogP contribution in [0, 0.1) is 17.7 Å². The van der Waals surface area contributed by atoms with E-state index >= 15 is 0 Å². The molecular formula is C21H14F2N3O3SY-. The van der Waals surface area contributed by atoms with Crippen molar-refractivity contribution in [2.24, 2.45) is 0 Å². The second kappa shape index (κ2) is 9.34. The Hall–Kier alpha value is -2.49. The second-order valence-electron chi connectivity index (χ2n) is 6.28. The van der Waals surface area contributed by atoms with E-state index < -0.39 is 26.6 Å². The fourth-order valence-corrected chi connectivity index (χ4v) is 4.04. The van der Waals surface area contributed by atoms with Gasteiger partial charge in [0.25, 0.3) is 10.0 Å². The molecule has 2 aromatic carbocycles. The molecule has 0 saturated carbocycles. The van der Waals surface area contributed by atoms with Crippen LogP contribution in [0.4, 0.5) is 14.5 Å². The monoisotopic (exact) mass is 515 g/mol. The molecule has 0 aliphatic rings. The molecule has 31 heavy (non-hydrogen) atoms. The first kappa shape index (κ1) is 23.2. The van der Waals surface area contributed by atoms with Crippen LogP contribution in [0.5, 0.6) is 5.88 Å². The van der Waals surface area contributed by atoms with Crippen LogP contribution < -0.4 is 9.46 Å². The molecule has 0 saturated heterocycles. The van der Waals surface area contributed by atoms with Gasteiger partial charge in [0.1, 0.15) is 22.2 Å². The molecule has 0 spiro atoms. The van der Waals surface area contributed by atoms with E-state index in [1.165, 1.54) is 19.4 Å². The van der Waals surface area contributed by atoms with Crippen molar-refractivity contribution in [1.82, 2.24) is 9.97 Å². The Balaban J connectivity index is 0.00000272. The first-order valence-corrected chi connectivity index (χ1v) is 10.1. The van der Waals surface area contributed by atoms with Gasteiger partial charge in [-0.3, -0.25) is 4.72 Å². The summed E-state index contributed by atoms with van der Waals surface area (Å²) < 4.78 is 59.9. The summed E-state index contributed by atoms with van der Waals surface area (Å²) in [6.45, 7) is 0. The van der Waals surface area contributed by atoms with Crippen LogP contribution in [-0.4, -0.2) is 25.5 Å². The molecule has 0 bridgehead atoms. The minimum absolute atomic E-state index is 0. The Morgan fingerprint density at radius 2 is 1.84 bits per heavy atom. The van der Waals surface area contributed by atoms with Crippen molar-refractivity contribution in [2.45, 2.75) is 4.90 Å². The van der Waals surface area contributed by atoms with Gasteiger partial charge >= 0.3 is 0 Å². The van der Waals surface area contributed by atoms with Crippen LogP contribution in [-0.2, 0) is 42.7 Å². The summed E-state index contributed by atoms with van der Waals surface area (Å²) in [5, 5.41) is 0.779. The molecule has 2 heterocycles. The molecule has 4 rings (SSSR count). The van der Waals surface area contributed by atoms with E-state index in [1.54, 1.807) is 12.3 Å². The van der Waals surface area contributed by atoms with Crippen molar-refractivity contribution in [1.29, 1.82) is 0 Å². The van der Waals surface area contributed by atoms with Crippen LogP contribution in [0.2, 0.25) is 0 Å². The van der Waals surface area contributed by atoms with Gasteiger partial charge in [-0.15, -0.1) is 23.6 Å². The Morgan fingerprint density at radius 3 is 2.58 bits per heavy atom. The smallest absolute Gasteiger partial charge is 0.264 e. The number of nitrogens with one attached hydrogen (secondary N) is 1. The number of anilines is 1. The van der Waals surface area contributed by atoms with E-state index in [0.717, 1.165) is 28.6 Å². The van der Waals surface area contributed by atoms with Crippen molar-refractivity contribution < 1.29 is 54.6 Å². The molecule has 6 nitrogen and oxygen atoms in total. The Morgan fingerprint density at radius 1 is 1.03 bits per heavy atom. The number of rotatable bonds is 5. The number of fused-ring (bicyclic) bond motifs is 1. The molecule has 10 heteroatoms. The van der Waals surface area contributed by atoms with Gasteiger partial charge in [-0.2, -0.15) is 0 Å². The van der Waals surface area contributed by atoms with Gasteiger partial charge in [0.2, 0.25) is 5.88 Å². The van der Waals surface area contributed by atoms with E-state index in [0.29, 0.717) is 11.6 Å². The number of aromatic nitrogens is 2. The van der Waals surface area contributed by atoms with Crippen LogP contribution >= 0.6 is 0 Å². The normalized spacial score (nSPS) is 11.1. The average molecular weight is 515 g/mol. The van der Waals surface area contributed by atoms with Crippen LogP contribution in [0.3, 0.4) is 0 Å². The van der Waals surface area contributed by atoms with Crippen LogP contribution in [0.15, 0.2) is 65.8 Å². The van der Waals surface area contributed by atoms with Gasteiger partial charge in [0.15, 0.2) is 0 Å². The molecule has 4 aromatic rings. The third kappa shape index (κ3) is 4.89. The van der Waals surface area contributed by atoms with E-state index in [1.807, 2.05) is 18.2 Å². The molecule has 0 aliphatic heterocycles. The van der Waals surface area contributed by atoms with Gasteiger partial charge in [0.05, 0.1) is 7.11 Å². The number of benzene rings is 2. The number of ether oxygens (including phenoxy) is 1. The van der Waals surface area contributed by atoms with Gasteiger partial charge in [-0.05, 0) is 29.3 Å². The molecule has 1 N–H and O–H groups in total. The topological polar surface area (TPSA) is 81.2 Å². The fraction of sp³-hybridized carbons (Fsp3) is 0.0476. The molecule has 0 unspecified atom stereocenters. The molecular weight excluding hydrogens is 501 g/mol. The van der Waals surface area contributed by atoms with Gasteiger partial charge < -0.3 is 9.72 Å². The van der Waals surface area contributed by atoms with Crippen molar-refractivity contribution in [2.75, 3.05) is 11.8 Å². The molecule has 0 amide bonds. The van der Waals surface area contributed by atoms with E-state index in [2.05, 4.69) is 20.8 Å². The largest absolute Gasteiger partial charge is 0.480 e. The van der Waals surface area contributed by atoms with Crippen molar-refractivity contribution in [3.63, 3.8) is 0 Å². The van der Waals surface area contributed by atoms with Gasteiger partial charge in [0, 0.05) is 45.0 Å². The number of sulfonamides is 1. The molecule has 0 aliphatic carbocycles. The van der Waals surface area contributed by atoms with Crippen molar-refractivity contribution >= 4 is 26.6 Å². The third-order valence-electron chi connectivity index (χ3n) is 4.33. The summed E-state index contributed by atoms with van der Waals surface area (Å²) in [4.78, 5) is 7.68. The van der Waals surface area contributed by atoms with E-state index in [9.17, 15) is 17.2 Å². The number of halogens is 2. The first-order valence-electron chi connectivity index (χ1n) is 8.66. The predicted octanol–water partition coefficient (Wildman–Crippen LogP) is 4.18. The summed E-state index contributed by atoms with van der Waals surface area (Å²) in [5.41, 5.74) is 2.10. The zero-order valence-corrected chi connectivity index (χ0v) is 19.8. The fourth-order valence-electron chi connectivity index (χ4n) is 2.93. The Kier molecular flexibility index (Phi) is 6.98. The molecule has 155 valence electrons. The Labute approximate surface area is 202 Å². The number of hydrogen-bond donors (Lipinski definition) is 1. The summed E-state index contributed by atoms with van der Waals surface area (Å²) >= 11 is 0. The molecule has 1 radical (unpaired) electrons. The predicted molar refractivity (Wildman–Crippen MR) is 108 cm³/mol. The van der Waals surface area contributed by atoms with E-state index in [-0.39, 0.29) is 44.3 Å². The molecule has 2 aromatic heterocycles. The number of methoxy groups -OCH3 is 1. The summed E-state index contributed by atoms with van der Waals surface area (Å²) in [6, 6.07) is 14.0. The zero-order chi connectivity index (χ0) is 21.3. The standard InChI is InChI=1S/C21H14F2N3O3S.Y/c1-29-21-19(26-30(27,28)20-7-5-16(22)11-17(20)23)10-15(12-25-21)13-4-6-18-14(9-13)3-2-8-24-18;/h2,4-12,26H,1H3;/q-1;. The quantitative estimate of drug-likeness (QED) is 0.404. The minimum Gasteiger partial charge on any atom is -0.480 e. The maximum atomic E-state index is 14.0. The maximum absolute atomic E-state index is 14.0.